The van der Waals surface area contributed by atoms with Crippen LogP contribution in [0.5, 0.6) is 17.2 Å². The molecule has 11 heteroatoms. The minimum absolute atomic E-state index is 0.00200. The number of carbonyl (C=O) groups is 2. The maximum absolute atomic E-state index is 14.2. The Labute approximate surface area is 254 Å². The highest BCUT2D eigenvalue weighted by Crippen LogP contribution is 2.36. The van der Waals surface area contributed by atoms with Crippen molar-refractivity contribution in [2.45, 2.75) is 45.2 Å². The molecule has 0 bridgehead atoms. The topological polar surface area (TPSA) is 114 Å². The van der Waals surface area contributed by atoms with Gasteiger partial charge in [-0.15, -0.1) is 0 Å². The summed E-state index contributed by atoms with van der Waals surface area (Å²) in [5.41, 5.74) is 1.71. The molecular formula is C32H41N3O7S. The Hall–Kier alpha value is -4.25. The van der Waals surface area contributed by atoms with Crippen LogP contribution in [0.3, 0.4) is 0 Å². The second kappa shape index (κ2) is 14.8. The van der Waals surface area contributed by atoms with E-state index in [0.717, 1.165) is 9.87 Å². The SMILES string of the molecule is COc1cccc(CN(C(=O)CN(c2cc(OC)ccc2OC)S(=O)(=O)c2ccc(C)cc2)C(C)C(=O)NCC(C)C)c1. The van der Waals surface area contributed by atoms with Gasteiger partial charge in [-0.1, -0.05) is 43.7 Å². The Morgan fingerprint density at radius 3 is 2.12 bits per heavy atom. The third-order valence-corrected chi connectivity index (χ3v) is 8.66. The molecule has 43 heavy (non-hydrogen) atoms. The number of anilines is 1. The van der Waals surface area contributed by atoms with E-state index < -0.39 is 28.5 Å². The molecule has 0 spiro atoms. The zero-order valence-corrected chi connectivity index (χ0v) is 26.6. The monoisotopic (exact) mass is 611 g/mol. The molecular weight excluding hydrogens is 570 g/mol. The largest absolute Gasteiger partial charge is 0.497 e. The number of methoxy groups -OCH3 is 3. The van der Waals surface area contributed by atoms with Gasteiger partial charge in [-0.2, -0.15) is 0 Å². The molecule has 0 aromatic heterocycles. The van der Waals surface area contributed by atoms with Gasteiger partial charge in [0.15, 0.2) is 0 Å². The molecule has 0 saturated heterocycles. The molecule has 2 amide bonds. The molecule has 0 aliphatic rings. The van der Waals surface area contributed by atoms with Gasteiger partial charge < -0.3 is 24.4 Å². The second-order valence-electron chi connectivity index (χ2n) is 10.6. The third-order valence-electron chi connectivity index (χ3n) is 6.88. The number of nitrogens with zero attached hydrogens (tertiary/aromatic N) is 2. The number of ether oxygens (including phenoxy) is 3. The highest BCUT2D eigenvalue weighted by atomic mass is 32.2. The van der Waals surface area contributed by atoms with Crippen LogP contribution in [-0.4, -0.2) is 65.6 Å². The molecule has 0 saturated carbocycles. The molecule has 3 aromatic rings. The fourth-order valence-corrected chi connectivity index (χ4v) is 5.76. The lowest BCUT2D eigenvalue weighted by atomic mass is 10.1. The quantitative estimate of drug-likeness (QED) is 0.287. The zero-order chi connectivity index (χ0) is 31.7. The summed E-state index contributed by atoms with van der Waals surface area (Å²) in [4.78, 5) is 28.8. The molecule has 0 heterocycles. The van der Waals surface area contributed by atoms with Gasteiger partial charge in [0.2, 0.25) is 11.8 Å². The number of hydrogen-bond acceptors (Lipinski definition) is 7. The van der Waals surface area contributed by atoms with Crippen molar-refractivity contribution in [1.29, 1.82) is 0 Å². The fourth-order valence-electron chi connectivity index (χ4n) is 4.35. The predicted octanol–water partition coefficient (Wildman–Crippen LogP) is 4.41. The molecule has 1 unspecified atom stereocenters. The minimum atomic E-state index is -4.28. The molecule has 232 valence electrons. The van der Waals surface area contributed by atoms with Crippen molar-refractivity contribution < 1.29 is 32.2 Å². The first-order valence-corrected chi connectivity index (χ1v) is 15.4. The first kappa shape index (κ1) is 33.3. The van der Waals surface area contributed by atoms with Crippen molar-refractivity contribution in [2.75, 3.05) is 38.7 Å². The summed E-state index contributed by atoms with van der Waals surface area (Å²) < 4.78 is 45.5. The molecule has 0 fully saturated rings. The maximum Gasteiger partial charge on any atom is 0.264 e. The van der Waals surface area contributed by atoms with Crippen molar-refractivity contribution in [1.82, 2.24) is 10.2 Å². The summed E-state index contributed by atoms with van der Waals surface area (Å²) in [7, 11) is 0.141. The highest BCUT2D eigenvalue weighted by Gasteiger charge is 2.34. The van der Waals surface area contributed by atoms with Crippen LogP contribution < -0.4 is 23.8 Å². The van der Waals surface area contributed by atoms with E-state index in [9.17, 15) is 18.0 Å². The third kappa shape index (κ3) is 8.41. The molecule has 3 aromatic carbocycles. The van der Waals surface area contributed by atoms with Gasteiger partial charge in [0, 0.05) is 19.2 Å². The molecule has 0 aliphatic carbocycles. The Bertz CT molecular complexity index is 1510. The van der Waals surface area contributed by atoms with E-state index in [1.165, 1.54) is 37.3 Å². The normalized spacial score (nSPS) is 11.9. The number of benzene rings is 3. The summed E-state index contributed by atoms with van der Waals surface area (Å²) >= 11 is 0. The molecule has 0 radical (unpaired) electrons. The summed E-state index contributed by atoms with van der Waals surface area (Å²) in [5, 5.41) is 2.88. The Balaban J connectivity index is 2.11. The van der Waals surface area contributed by atoms with E-state index >= 15 is 0 Å². The average Bonchev–Trinajstić information content (AvgIpc) is 3.00. The molecule has 10 nitrogen and oxygen atoms in total. The number of aryl methyl sites for hydroxylation is 1. The van der Waals surface area contributed by atoms with E-state index in [4.69, 9.17) is 14.2 Å². The van der Waals surface area contributed by atoms with Crippen LogP contribution in [0.25, 0.3) is 0 Å². The molecule has 1 atom stereocenters. The van der Waals surface area contributed by atoms with Crippen molar-refractivity contribution >= 4 is 27.5 Å². The van der Waals surface area contributed by atoms with Crippen LogP contribution in [0.4, 0.5) is 5.69 Å². The number of sulfonamides is 1. The summed E-state index contributed by atoms with van der Waals surface area (Å²) in [6.07, 6.45) is 0. The summed E-state index contributed by atoms with van der Waals surface area (Å²) in [5.74, 6) is 0.460. The molecule has 0 aliphatic heterocycles. The standard InChI is InChI=1S/C32H41N3O7S/c1-22(2)19-33-32(37)24(4)34(20-25-9-8-10-26(17-25)40-5)31(36)21-35(29-18-27(41-6)13-16-30(29)42-7)43(38,39)28-14-11-23(3)12-15-28/h8-18,22,24H,19-21H2,1-7H3,(H,33,37). The number of carbonyl (C=O) groups excluding carboxylic acids is 2. The Kier molecular flexibility index (Phi) is 11.4. The van der Waals surface area contributed by atoms with Gasteiger partial charge in [-0.05, 0) is 61.7 Å². The number of hydrogen-bond donors (Lipinski definition) is 1. The van der Waals surface area contributed by atoms with E-state index in [-0.39, 0.29) is 34.7 Å². The van der Waals surface area contributed by atoms with Crippen molar-refractivity contribution in [2.24, 2.45) is 5.92 Å². The van der Waals surface area contributed by atoms with Crippen LogP contribution in [-0.2, 0) is 26.2 Å². The lowest BCUT2D eigenvalue weighted by Crippen LogP contribution is -2.51. The Morgan fingerprint density at radius 1 is 0.860 bits per heavy atom. The van der Waals surface area contributed by atoms with Crippen LogP contribution >= 0.6 is 0 Å². The van der Waals surface area contributed by atoms with Crippen molar-refractivity contribution in [3.8, 4) is 17.2 Å². The van der Waals surface area contributed by atoms with E-state index in [0.29, 0.717) is 23.6 Å². The van der Waals surface area contributed by atoms with Crippen LogP contribution in [0, 0.1) is 12.8 Å². The van der Waals surface area contributed by atoms with Crippen molar-refractivity contribution in [3.63, 3.8) is 0 Å². The van der Waals surface area contributed by atoms with E-state index in [2.05, 4.69) is 5.32 Å². The first-order chi connectivity index (χ1) is 20.4. The number of rotatable bonds is 14. The van der Waals surface area contributed by atoms with Crippen molar-refractivity contribution in [3.05, 3.63) is 77.9 Å². The lowest BCUT2D eigenvalue weighted by molar-refractivity contribution is -0.139. The fraction of sp³-hybridized carbons (Fsp3) is 0.375. The summed E-state index contributed by atoms with van der Waals surface area (Å²) in [6, 6.07) is 17.3. The minimum Gasteiger partial charge on any atom is -0.497 e. The zero-order valence-electron chi connectivity index (χ0n) is 25.8. The lowest BCUT2D eigenvalue weighted by Gasteiger charge is -2.32. The van der Waals surface area contributed by atoms with Crippen LogP contribution in [0.15, 0.2) is 71.6 Å². The molecule has 1 N–H and O–H groups in total. The maximum atomic E-state index is 14.2. The van der Waals surface area contributed by atoms with Crippen LogP contribution in [0.2, 0.25) is 0 Å². The number of nitrogens with one attached hydrogen (secondary N) is 1. The van der Waals surface area contributed by atoms with Gasteiger partial charge >= 0.3 is 0 Å². The Morgan fingerprint density at radius 2 is 1.51 bits per heavy atom. The van der Waals surface area contributed by atoms with Gasteiger partial charge in [-0.3, -0.25) is 13.9 Å². The van der Waals surface area contributed by atoms with Gasteiger partial charge in [-0.25, -0.2) is 8.42 Å². The smallest absolute Gasteiger partial charge is 0.264 e. The van der Waals surface area contributed by atoms with E-state index in [1.807, 2.05) is 26.8 Å². The first-order valence-electron chi connectivity index (χ1n) is 13.9. The average molecular weight is 612 g/mol. The van der Waals surface area contributed by atoms with E-state index in [1.54, 1.807) is 56.5 Å². The van der Waals surface area contributed by atoms with Gasteiger partial charge in [0.05, 0.1) is 31.9 Å². The second-order valence-corrected chi connectivity index (χ2v) is 12.4. The van der Waals surface area contributed by atoms with Gasteiger partial charge in [0.25, 0.3) is 10.0 Å². The number of amides is 2. The summed E-state index contributed by atoms with van der Waals surface area (Å²) in [6.45, 7) is 7.29. The molecule has 3 rings (SSSR count). The highest BCUT2D eigenvalue weighted by molar-refractivity contribution is 7.92. The predicted molar refractivity (Wildman–Crippen MR) is 166 cm³/mol. The van der Waals surface area contributed by atoms with Crippen LogP contribution in [0.1, 0.15) is 31.9 Å². The van der Waals surface area contributed by atoms with Gasteiger partial charge in [0.1, 0.15) is 29.8 Å².